The molecule has 0 aromatic heterocycles. The molecule has 0 aromatic carbocycles. The van der Waals surface area contributed by atoms with Crippen molar-refractivity contribution in [3.63, 3.8) is 0 Å². The van der Waals surface area contributed by atoms with Crippen LogP contribution in [0.1, 0.15) is 26.7 Å². The van der Waals surface area contributed by atoms with Crippen molar-refractivity contribution in [2.24, 2.45) is 0 Å². The highest BCUT2D eigenvalue weighted by Gasteiger charge is 1.96. The second kappa shape index (κ2) is 10.3. The molecule has 4 heteroatoms. The van der Waals surface area contributed by atoms with Crippen LogP contribution >= 0.6 is 0 Å². The van der Waals surface area contributed by atoms with Crippen molar-refractivity contribution in [3.8, 4) is 23.7 Å². The van der Waals surface area contributed by atoms with Gasteiger partial charge in [-0.05, 0) is 0 Å². The lowest BCUT2D eigenvalue weighted by Gasteiger charge is -1.95. The maximum atomic E-state index is 10.9. The van der Waals surface area contributed by atoms with Crippen LogP contribution in [0.4, 0.5) is 0 Å². The molecule has 0 spiro atoms. The highest BCUT2D eigenvalue weighted by molar-refractivity contribution is 7.75. The lowest BCUT2D eigenvalue weighted by molar-refractivity contribution is 0.295. The third-order valence-electron chi connectivity index (χ3n) is 1.06. The van der Waals surface area contributed by atoms with Crippen molar-refractivity contribution in [2.75, 3.05) is 13.2 Å². The molecule has 0 unspecified atom stereocenters. The Balaban J connectivity index is 3.46. The predicted molar refractivity (Wildman–Crippen MR) is 56.2 cm³/mol. The molecular formula is C10H14O3S. The van der Waals surface area contributed by atoms with Gasteiger partial charge in [0.05, 0.1) is 0 Å². The molecule has 0 fully saturated rings. The molecule has 14 heavy (non-hydrogen) atoms. The van der Waals surface area contributed by atoms with Crippen LogP contribution in [-0.2, 0) is 19.7 Å². The molecule has 0 rings (SSSR count). The first-order chi connectivity index (χ1) is 6.81. The highest BCUT2D eigenvalue weighted by Crippen LogP contribution is 1.87. The molecule has 0 saturated heterocycles. The van der Waals surface area contributed by atoms with Gasteiger partial charge in [0.2, 0.25) is 0 Å². The topological polar surface area (TPSA) is 35.5 Å². The standard InChI is InChI=1S/C10H14O3S/c1-3-5-7-9-12-14(11)13-10-8-6-4-2/h3-4,9-10H2,1-2H3. The zero-order valence-corrected chi connectivity index (χ0v) is 9.28. The average molecular weight is 214 g/mol. The van der Waals surface area contributed by atoms with Gasteiger partial charge in [0.25, 0.3) is 0 Å². The maximum absolute atomic E-state index is 10.9. The molecule has 0 bridgehead atoms. The van der Waals surface area contributed by atoms with Gasteiger partial charge in [0.1, 0.15) is 13.2 Å². The van der Waals surface area contributed by atoms with E-state index in [0.717, 1.165) is 12.8 Å². The third-order valence-corrected chi connectivity index (χ3v) is 1.68. The summed E-state index contributed by atoms with van der Waals surface area (Å²) in [5.74, 6) is 10.9. The van der Waals surface area contributed by atoms with Crippen LogP contribution in [-0.4, -0.2) is 17.4 Å². The normalized spacial score (nSPS) is 8.79. The Kier molecular flexibility index (Phi) is 9.68. The highest BCUT2D eigenvalue weighted by atomic mass is 32.2. The lowest BCUT2D eigenvalue weighted by Crippen LogP contribution is -2.02. The molecule has 0 saturated carbocycles. The van der Waals surface area contributed by atoms with Gasteiger partial charge in [0, 0.05) is 12.8 Å². The van der Waals surface area contributed by atoms with Crippen molar-refractivity contribution >= 4 is 11.4 Å². The summed E-state index contributed by atoms with van der Waals surface area (Å²) < 4.78 is 20.4. The number of hydrogen-bond acceptors (Lipinski definition) is 3. The van der Waals surface area contributed by atoms with Crippen LogP contribution in [0.3, 0.4) is 0 Å². The molecule has 0 aliphatic rings. The fraction of sp³-hybridized carbons (Fsp3) is 0.600. The molecule has 0 atom stereocenters. The van der Waals surface area contributed by atoms with Crippen LogP contribution in [0, 0.1) is 23.7 Å². The lowest BCUT2D eigenvalue weighted by atomic mass is 10.5. The smallest absolute Gasteiger partial charge is 0.255 e. The summed E-state index contributed by atoms with van der Waals surface area (Å²) in [4.78, 5) is 0. The van der Waals surface area contributed by atoms with Crippen molar-refractivity contribution in [1.29, 1.82) is 0 Å². The molecule has 0 aliphatic heterocycles. The van der Waals surface area contributed by atoms with E-state index in [2.05, 4.69) is 23.7 Å². The molecule has 3 nitrogen and oxygen atoms in total. The molecule has 0 aliphatic carbocycles. The zero-order chi connectivity index (χ0) is 10.6. The summed E-state index contributed by atoms with van der Waals surface area (Å²) in [6.07, 6.45) is 1.53. The van der Waals surface area contributed by atoms with E-state index < -0.39 is 11.4 Å². The van der Waals surface area contributed by atoms with Crippen LogP contribution < -0.4 is 0 Å². The van der Waals surface area contributed by atoms with Crippen molar-refractivity contribution in [1.82, 2.24) is 0 Å². The van der Waals surface area contributed by atoms with Gasteiger partial charge in [-0.15, -0.1) is 11.8 Å². The third kappa shape index (κ3) is 9.28. The Morgan fingerprint density at radius 1 is 0.929 bits per heavy atom. The first-order valence-electron chi connectivity index (χ1n) is 4.41. The van der Waals surface area contributed by atoms with Crippen molar-refractivity contribution < 1.29 is 12.6 Å². The Hall–Kier alpha value is -0.810. The minimum absolute atomic E-state index is 0.127. The van der Waals surface area contributed by atoms with E-state index >= 15 is 0 Å². The van der Waals surface area contributed by atoms with Crippen LogP contribution in [0.2, 0.25) is 0 Å². The Morgan fingerprint density at radius 2 is 1.36 bits per heavy atom. The predicted octanol–water partition coefficient (Wildman–Crippen LogP) is 1.43. The van der Waals surface area contributed by atoms with Gasteiger partial charge in [-0.2, -0.15) is 4.21 Å². The van der Waals surface area contributed by atoms with Gasteiger partial charge >= 0.3 is 11.4 Å². The van der Waals surface area contributed by atoms with E-state index in [1.807, 2.05) is 13.8 Å². The Bertz CT molecular complexity index is 249. The quantitative estimate of drug-likeness (QED) is 0.664. The monoisotopic (exact) mass is 214 g/mol. The van der Waals surface area contributed by atoms with Crippen LogP contribution in [0.5, 0.6) is 0 Å². The summed E-state index contributed by atoms with van der Waals surface area (Å²) in [6.45, 7) is 4.12. The zero-order valence-electron chi connectivity index (χ0n) is 8.46. The van der Waals surface area contributed by atoms with E-state index in [-0.39, 0.29) is 13.2 Å². The first kappa shape index (κ1) is 13.2. The number of hydrogen-bond donors (Lipinski definition) is 0. The first-order valence-corrected chi connectivity index (χ1v) is 5.41. The summed E-state index contributed by atoms with van der Waals surface area (Å²) in [7, 11) is 0. The van der Waals surface area contributed by atoms with E-state index in [1.165, 1.54) is 0 Å². The minimum atomic E-state index is -1.73. The SMILES string of the molecule is CCC#CCOS(=O)OCC#CCC. The Labute approximate surface area is 88.0 Å². The van der Waals surface area contributed by atoms with Gasteiger partial charge in [-0.25, -0.2) is 0 Å². The maximum Gasteiger partial charge on any atom is 0.306 e. The molecule has 0 aromatic rings. The summed E-state index contributed by atoms with van der Waals surface area (Å²) in [6, 6.07) is 0. The second-order valence-corrected chi connectivity index (χ2v) is 3.02. The van der Waals surface area contributed by atoms with Gasteiger partial charge in [-0.3, -0.25) is 8.37 Å². The molecule has 0 heterocycles. The Morgan fingerprint density at radius 3 is 1.71 bits per heavy atom. The summed E-state index contributed by atoms with van der Waals surface area (Å²) in [5, 5.41) is 0. The van der Waals surface area contributed by atoms with Crippen molar-refractivity contribution in [3.05, 3.63) is 0 Å². The minimum Gasteiger partial charge on any atom is -0.255 e. The van der Waals surface area contributed by atoms with Gasteiger partial charge in [0.15, 0.2) is 0 Å². The second-order valence-electron chi connectivity index (χ2n) is 2.14. The van der Waals surface area contributed by atoms with E-state index in [0.29, 0.717) is 0 Å². The molecule has 0 amide bonds. The average Bonchev–Trinajstić information content (AvgIpc) is 2.19. The number of rotatable bonds is 4. The molecule has 0 radical (unpaired) electrons. The van der Waals surface area contributed by atoms with Crippen LogP contribution in [0.15, 0.2) is 0 Å². The van der Waals surface area contributed by atoms with Crippen LogP contribution in [0.25, 0.3) is 0 Å². The molecular weight excluding hydrogens is 200 g/mol. The molecule has 78 valence electrons. The van der Waals surface area contributed by atoms with Gasteiger partial charge in [-0.1, -0.05) is 25.7 Å². The van der Waals surface area contributed by atoms with E-state index in [4.69, 9.17) is 8.37 Å². The van der Waals surface area contributed by atoms with E-state index in [1.54, 1.807) is 0 Å². The fourth-order valence-corrected chi connectivity index (χ4v) is 0.920. The van der Waals surface area contributed by atoms with Crippen molar-refractivity contribution in [2.45, 2.75) is 26.7 Å². The summed E-state index contributed by atoms with van der Waals surface area (Å²) >= 11 is -1.73. The largest absolute Gasteiger partial charge is 0.306 e. The summed E-state index contributed by atoms with van der Waals surface area (Å²) in [5.41, 5.74) is 0. The van der Waals surface area contributed by atoms with Gasteiger partial charge < -0.3 is 0 Å². The molecule has 0 N–H and O–H groups in total. The van der Waals surface area contributed by atoms with E-state index in [9.17, 15) is 4.21 Å². The fourth-order valence-electron chi connectivity index (χ4n) is 0.541.